The largest absolute Gasteiger partial charge is 0.314 e. The molecule has 2 nitrogen and oxygen atoms in total. The van der Waals surface area contributed by atoms with Gasteiger partial charge in [-0.25, -0.2) is 4.98 Å². The van der Waals surface area contributed by atoms with E-state index < -0.39 is 0 Å². The normalized spacial score (nSPS) is 13.5. The lowest BCUT2D eigenvalue weighted by Gasteiger charge is -2.16. The van der Waals surface area contributed by atoms with E-state index in [0.717, 1.165) is 13.0 Å². The maximum Gasteiger partial charge on any atom is 0.0937 e. The van der Waals surface area contributed by atoms with E-state index in [0.29, 0.717) is 12.0 Å². The Bertz CT molecular complexity index is 219. The van der Waals surface area contributed by atoms with Crippen LogP contribution in [0.15, 0.2) is 11.6 Å². The average molecular weight is 198 g/mol. The first kappa shape index (κ1) is 10.7. The summed E-state index contributed by atoms with van der Waals surface area (Å²) in [6.07, 6.45) is 2.92. The van der Waals surface area contributed by atoms with Crippen molar-refractivity contribution < 1.29 is 0 Å². The van der Waals surface area contributed by atoms with Crippen molar-refractivity contribution in [3.8, 4) is 0 Å². The van der Waals surface area contributed by atoms with Gasteiger partial charge in [0.2, 0.25) is 0 Å². The van der Waals surface area contributed by atoms with Gasteiger partial charge in [0.1, 0.15) is 0 Å². The van der Waals surface area contributed by atoms with Gasteiger partial charge in [-0.3, -0.25) is 0 Å². The number of rotatable bonds is 5. The Hall–Kier alpha value is -0.410. The number of hydrogen-bond acceptors (Lipinski definition) is 3. The zero-order chi connectivity index (χ0) is 9.68. The Morgan fingerprint density at radius 2 is 2.23 bits per heavy atom. The molecule has 0 radical (unpaired) electrons. The molecule has 0 aliphatic heterocycles. The van der Waals surface area contributed by atoms with E-state index in [1.165, 1.54) is 5.01 Å². The van der Waals surface area contributed by atoms with Crippen molar-refractivity contribution in [2.75, 3.05) is 6.54 Å². The van der Waals surface area contributed by atoms with Gasteiger partial charge in [0.15, 0.2) is 0 Å². The molecule has 3 heteroatoms. The number of thiazole rings is 1. The highest BCUT2D eigenvalue weighted by Crippen LogP contribution is 2.04. The molecule has 0 saturated carbocycles. The molecule has 0 aromatic carbocycles. The van der Waals surface area contributed by atoms with Crippen LogP contribution in [-0.2, 0) is 6.42 Å². The van der Waals surface area contributed by atoms with Gasteiger partial charge < -0.3 is 5.32 Å². The zero-order valence-electron chi connectivity index (χ0n) is 8.58. The first-order chi connectivity index (χ1) is 6.20. The van der Waals surface area contributed by atoms with Gasteiger partial charge in [0.25, 0.3) is 0 Å². The van der Waals surface area contributed by atoms with Gasteiger partial charge in [0.05, 0.1) is 5.01 Å². The molecule has 0 aliphatic carbocycles. The van der Waals surface area contributed by atoms with Crippen molar-refractivity contribution in [3.63, 3.8) is 0 Å². The minimum Gasteiger partial charge on any atom is -0.314 e. The highest BCUT2D eigenvalue weighted by molar-refractivity contribution is 7.09. The summed E-state index contributed by atoms with van der Waals surface area (Å²) >= 11 is 1.73. The summed E-state index contributed by atoms with van der Waals surface area (Å²) in [5.41, 5.74) is 0. The van der Waals surface area contributed by atoms with Crippen LogP contribution in [0.1, 0.15) is 25.8 Å². The molecular weight excluding hydrogens is 180 g/mol. The molecule has 1 heterocycles. The fourth-order valence-electron chi connectivity index (χ4n) is 1.02. The van der Waals surface area contributed by atoms with Crippen LogP contribution in [0.2, 0.25) is 0 Å². The second-order valence-corrected chi connectivity index (χ2v) is 4.64. The summed E-state index contributed by atoms with van der Waals surface area (Å²) in [4.78, 5) is 4.24. The van der Waals surface area contributed by atoms with Crippen molar-refractivity contribution in [1.29, 1.82) is 0 Å². The molecule has 0 bridgehead atoms. The van der Waals surface area contributed by atoms with E-state index >= 15 is 0 Å². The Morgan fingerprint density at radius 1 is 1.46 bits per heavy atom. The van der Waals surface area contributed by atoms with Crippen molar-refractivity contribution in [1.82, 2.24) is 10.3 Å². The molecule has 0 amide bonds. The summed E-state index contributed by atoms with van der Waals surface area (Å²) in [6.45, 7) is 7.74. The smallest absolute Gasteiger partial charge is 0.0937 e. The van der Waals surface area contributed by atoms with Gasteiger partial charge >= 0.3 is 0 Å². The summed E-state index contributed by atoms with van der Waals surface area (Å²) in [5, 5.41) is 6.74. The van der Waals surface area contributed by atoms with E-state index in [1.807, 2.05) is 11.6 Å². The highest BCUT2D eigenvalue weighted by Gasteiger charge is 2.05. The Balaban J connectivity index is 2.14. The van der Waals surface area contributed by atoms with E-state index in [4.69, 9.17) is 0 Å². The van der Waals surface area contributed by atoms with Crippen LogP contribution in [0.25, 0.3) is 0 Å². The molecule has 13 heavy (non-hydrogen) atoms. The fraction of sp³-hybridized carbons (Fsp3) is 0.700. The fourth-order valence-corrected chi connectivity index (χ4v) is 1.64. The third-order valence-corrected chi connectivity index (χ3v) is 3.13. The molecule has 0 saturated heterocycles. The predicted octanol–water partition coefficient (Wildman–Crippen LogP) is 2.32. The highest BCUT2D eigenvalue weighted by atomic mass is 32.1. The van der Waals surface area contributed by atoms with Gasteiger partial charge in [-0.2, -0.15) is 0 Å². The molecule has 74 valence electrons. The van der Waals surface area contributed by atoms with E-state index in [2.05, 4.69) is 31.1 Å². The predicted molar refractivity (Wildman–Crippen MR) is 58.1 cm³/mol. The lowest BCUT2D eigenvalue weighted by molar-refractivity contribution is 0.430. The zero-order valence-corrected chi connectivity index (χ0v) is 9.40. The third kappa shape index (κ3) is 3.87. The molecule has 1 unspecified atom stereocenters. The lowest BCUT2D eigenvalue weighted by atomic mass is 10.1. The van der Waals surface area contributed by atoms with E-state index in [-0.39, 0.29) is 0 Å². The third-order valence-electron chi connectivity index (χ3n) is 2.29. The van der Waals surface area contributed by atoms with E-state index in [9.17, 15) is 0 Å². The maximum atomic E-state index is 4.24. The second kappa shape index (κ2) is 5.35. The topological polar surface area (TPSA) is 24.9 Å². The van der Waals surface area contributed by atoms with Crippen LogP contribution in [0.5, 0.6) is 0 Å². The molecule has 0 spiro atoms. The first-order valence-electron chi connectivity index (χ1n) is 4.82. The monoisotopic (exact) mass is 198 g/mol. The molecule has 1 aromatic rings. The summed E-state index contributed by atoms with van der Waals surface area (Å²) in [6, 6.07) is 0.597. The lowest BCUT2D eigenvalue weighted by Crippen LogP contribution is -2.32. The minimum atomic E-state index is 0.597. The van der Waals surface area contributed by atoms with Gasteiger partial charge in [0, 0.05) is 30.6 Å². The number of hydrogen-bond donors (Lipinski definition) is 1. The average Bonchev–Trinajstić information content (AvgIpc) is 2.56. The van der Waals surface area contributed by atoms with Crippen LogP contribution in [0, 0.1) is 5.92 Å². The summed E-state index contributed by atoms with van der Waals surface area (Å²) in [5.74, 6) is 0.705. The van der Waals surface area contributed by atoms with Crippen LogP contribution in [0.3, 0.4) is 0 Å². The Kier molecular flexibility index (Phi) is 4.39. The van der Waals surface area contributed by atoms with Crippen LogP contribution < -0.4 is 5.32 Å². The standard InChI is InChI=1S/C10H18N2S/c1-8(2)9(3)11-5-4-10-12-6-7-13-10/h6-9,11H,4-5H2,1-3H3. The SMILES string of the molecule is CC(C)C(C)NCCc1nccs1. The second-order valence-electron chi connectivity index (χ2n) is 3.66. The Morgan fingerprint density at radius 3 is 2.77 bits per heavy atom. The maximum absolute atomic E-state index is 4.24. The summed E-state index contributed by atoms with van der Waals surface area (Å²) in [7, 11) is 0. The van der Waals surface area contributed by atoms with Crippen LogP contribution in [0.4, 0.5) is 0 Å². The van der Waals surface area contributed by atoms with Gasteiger partial charge in [-0.05, 0) is 12.8 Å². The number of aromatic nitrogens is 1. The van der Waals surface area contributed by atoms with Gasteiger partial charge in [-0.15, -0.1) is 11.3 Å². The van der Waals surface area contributed by atoms with E-state index in [1.54, 1.807) is 11.3 Å². The minimum absolute atomic E-state index is 0.597. The summed E-state index contributed by atoms with van der Waals surface area (Å²) < 4.78 is 0. The van der Waals surface area contributed by atoms with Crippen molar-refractivity contribution in [2.45, 2.75) is 33.2 Å². The molecule has 1 rings (SSSR count). The Labute approximate surface area is 84.4 Å². The molecule has 0 fully saturated rings. The molecule has 0 aliphatic rings. The van der Waals surface area contributed by atoms with Gasteiger partial charge in [-0.1, -0.05) is 13.8 Å². The first-order valence-corrected chi connectivity index (χ1v) is 5.70. The number of nitrogens with one attached hydrogen (secondary N) is 1. The van der Waals surface area contributed by atoms with Crippen molar-refractivity contribution in [3.05, 3.63) is 16.6 Å². The molecule has 1 atom stereocenters. The van der Waals surface area contributed by atoms with Crippen LogP contribution in [-0.4, -0.2) is 17.6 Å². The molecular formula is C10H18N2S. The quantitative estimate of drug-likeness (QED) is 0.785. The van der Waals surface area contributed by atoms with Crippen molar-refractivity contribution in [2.24, 2.45) is 5.92 Å². The number of nitrogens with zero attached hydrogens (tertiary/aromatic N) is 1. The molecule has 1 aromatic heterocycles. The van der Waals surface area contributed by atoms with Crippen LogP contribution >= 0.6 is 11.3 Å². The van der Waals surface area contributed by atoms with Crippen molar-refractivity contribution >= 4 is 11.3 Å². The molecule has 1 N–H and O–H groups in total.